The number of benzene rings is 2. The van der Waals surface area contributed by atoms with Crippen LogP contribution in [-0.2, 0) is 26.2 Å². The third-order valence-corrected chi connectivity index (χ3v) is 10.3. The number of ether oxygens (including phenoxy) is 2. The second-order valence-electron chi connectivity index (χ2n) is 13.0. The van der Waals surface area contributed by atoms with Crippen LogP contribution >= 0.6 is 12.4 Å². The lowest BCUT2D eigenvalue weighted by atomic mass is 9.78. The molecule has 0 aromatic heterocycles. The maximum Gasteiger partial charge on any atom is 0.248 e. The lowest BCUT2D eigenvalue weighted by Gasteiger charge is -2.52. The van der Waals surface area contributed by atoms with Gasteiger partial charge in [-0.15, -0.1) is 12.4 Å². The summed E-state index contributed by atoms with van der Waals surface area (Å²) in [5, 5.41) is 14.2. The number of aliphatic hydroxyl groups excluding tert-OH is 1. The van der Waals surface area contributed by atoms with Gasteiger partial charge in [-0.25, -0.2) is 8.42 Å². The third kappa shape index (κ3) is 8.70. The number of hydrogen-bond donors (Lipinski definition) is 3. The molecule has 5 rings (SSSR count). The summed E-state index contributed by atoms with van der Waals surface area (Å²) in [5.41, 5.74) is 0.589. The normalized spacial score (nSPS) is 21.1. The Bertz CT molecular complexity index is 1480. The van der Waals surface area contributed by atoms with Crippen LogP contribution in [0.4, 0.5) is 5.69 Å². The zero-order chi connectivity index (χ0) is 32.9. The molecule has 2 amide bonds. The minimum absolute atomic E-state index is 0. The van der Waals surface area contributed by atoms with E-state index in [1.807, 2.05) is 29.2 Å². The fourth-order valence-electron chi connectivity index (χ4n) is 7.11. The number of piperidine rings is 1. The van der Waals surface area contributed by atoms with E-state index in [1.54, 1.807) is 18.2 Å². The topological polar surface area (TPSA) is 138 Å². The van der Waals surface area contributed by atoms with E-state index in [9.17, 15) is 23.1 Å². The van der Waals surface area contributed by atoms with Crippen molar-refractivity contribution >= 4 is 39.9 Å². The molecule has 260 valence electrons. The summed E-state index contributed by atoms with van der Waals surface area (Å²) in [6.07, 6.45) is 8.14. The van der Waals surface area contributed by atoms with Gasteiger partial charge >= 0.3 is 0 Å². The number of nitrogens with zero attached hydrogens (tertiary/aromatic N) is 2. The molecule has 1 aliphatic carbocycles. The fourth-order valence-corrected chi connectivity index (χ4v) is 7.67. The van der Waals surface area contributed by atoms with Crippen molar-refractivity contribution in [1.82, 2.24) is 15.1 Å². The van der Waals surface area contributed by atoms with Crippen molar-refractivity contribution < 1.29 is 32.6 Å². The number of carbonyl (C=O) groups excluding carboxylic acids is 2. The first-order valence-corrected chi connectivity index (χ1v) is 18.4. The van der Waals surface area contributed by atoms with Crippen LogP contribution < -0.4 is 19.5 Å². The minimum atomic E-state index is -3.42. The van der Waals surface area contributed by atoms with E-state index in [4.69, 9.17) is 9.47 Å². The number of anilines is 1. The summed E-state index contributed by atoms with van der Waals surface area (Å²) in [5.74, 6) is 1.26. The Morgan fingerprint density at radius 3 is 2.34 bits per heavy atom. The first kappa shape index (κ1) is 36.8. The second kappa shape index (κ2) is 15.9. The third-order valence-electron chi connectivity index (χ3n) is 9.68. The molecule has 2 aromatic carbocycles. The Labute approximate surface area is 284 Å². The number of sulfonamides is 1. The van der Waals surface area contributed by atoms with Crippen molar-refractivity contribution in [3.8, 4) is 17.2 Å². The monoisotopic (exact) mass is 692 g/mol. The lowest BCUT2D eigenvalue weighted by molar-refractivity contribution is -0.166. The van der Waals surface area contributed by atoms with Crippen molar-refractivity contribution in [2.75, 3.05) is 37.7 Å². The predicted octanol–water partition coefficient (Wildman–Crippen LogP) is 4.68. The molecule has 2 saturated heterocycles. The van der Waals surface area contributed by atoms with Crippen LogP contribution in [0, 0.1) is 5.92 Å². The van der Waals surface area contributed by atoms with Gasteiger partial charge in [0.25, 0.3) is 0 Å². The summed E-state index contributed by atoms with van der Waals surface area (Å²) >= 11 is 0. The smallest absolute Gasteiger partial charge is 0.248 e. The van der Waals surface area contributed by atoms with E-state index in [2.05, 4.69) is 21.9 Å². The SMILES string of the molecule is CCCCN1C(=O)[C@@H]([C@H](O)C2CCCCC2)NC(=O)C12CCN(Cc1ccc(Oc3ccc(NS(C)(=O)=O)cc3OC)cc1)CC2.Cl. The number of unbranched alkanes of at least 4 members (excludes halogenated alkanes) is 1. The van der Waals surface area contributed by atoms with E-state index < -0.39 is 27.7 Å². The highest BCUT2D eigenvalue weighted by Crippen LogP contribution is 2.37. The standard InChI is InChI=1S/C34H48N4O7S.ClH/c1-4-5-19-38-32(40)30(31(39)25-9-7-6-8-10-25)35-33(41)34(38)17-20-37(21-18-34)23-24-11-14-27(15-12-24)45-28-16-13-26(22-29(28)44-2)36-46(3,42)43;/h11-16,22,25,30-31,36,39H,4-10,17-21,23H2,1-3H3,(H,35,41);1H/t30-,31-;/m1./s1. The summed E-state index contributed by atoms with van der Waals surface area (Å²) < 4.78 is 37.0. The molecule has 11 nitrogen and oxygen atoms in total. The Kier molecular flexibility index (Phi) is 12.4. The zero-order valence-electron chi connectivity index (χ0n) is 27.6. The van der Waals surface area contributed by atoms with E-state index in [-0.39, 0.29) is 30.1 Å². The van der Waals surface area contributed by atoms with Gasteiger partial charge in [0.05, 0.1) is 25.2 Å². The summed E-state index contributed by atoms with van der Waals surface area (Å²) in [6, 6.07) is 11.7. The first-order valence-electron chi connectivity index (χ1n) is 16.5. The van der Waals surface area contributed by atoms with Gasteiger partial charge in [-0.3, -0.25) is 19.2 Å². The van der Waals surface area contributed by atoms with Crippen LogP contribution in [0.1, 0.15) is 70.3 Å². The molecular formula is C34H49ClN4O7S. The number of nitrogens with one attached hydrogen (secondary N) is 2. The van der Waals surface area contributed by atoms with Gasteiger partial charge in [0.2, 0.25) is 21.8 Å². The first-order chi connectivity index (χ1) is 22.0. The number of methoxy groups -OCH3 is 1. The van der Waals surface area contributed by atoms with E-state index in [0.717, 1.165) is 56.8 Å². The molecule has 3 N–H and O–H groups in total. The number of amides is 2. The lowest BCUT2D eigenvalue weighted by Crippen LogP contribution is -2.75. The molecule has 47 heavy (non-hydrogen) atoms. The van der Waals surface area contributed by atoms with Crippen molar-refractivity contribution in [3.05, 3.63) is 48.0 Å². The maximum absolute atomic E-state index is 13.9. The Morgan fingerprint density at radius 2 is 1.72 bits per heavy atom. The fraction of sp³-hybridized carbons (Fsp3) is 0.588. The van der Waals surface area contributed by atoms with Crippen LogP contribution in [0.15, 0.2) is 42.5 Å². The number of halogens is 1. The van der Waals surface area contributed by atoms with Gasteiger partial charge in [-0.1, -0.05) is 44.7 Å². The van der Waals surface area contributed by atoms with Crippen molar-refractivity contribution in [2.24, 2.45) is 5.92 Å². The van der Waals surface area contributed by atoms with E-state index in [0.29, 0.717) is 62.0 Å². The highest BCUT2D eigenvalue weighted by atomic mass is 35.5. The summed E-state index contributed by atoms with van der Waals surface area (Å²) in [6.45, 7) is 4.64. The van der Waals surface area contributed by atoms with Crippen LogP contribution in [0.2, 0.25) is 0 Å². The number of aliphatic hydroxyl groups is 1. The molecule has 1 spiro atoms. The Balaban J connectivity index is 0.00000500. The van der Waals surface area contributed by atoms with Crippen LogP contribution in [0.5, 0.6) is 17.2 Å². The number of rotatable bonds is 12. The number of hydrogen-bond acceptors (Lipinski definition) is 8. The van der Waals surface area contributed by atoms with Crippen molar-refractivity contribution in [3.63, 3.8) is 0 Å². The van der Waals surface area contributed by atoms with Crippen LogP contribution in [0.25, 0.3) is 0 Å². The van der Waals surface area contributed by atoms with Crippen LogP contribution in [0.3, 0.4) is 0 Å². The Morgan fingerprint density at radius 1 is 1.04 bits per heavy atom. The maximum atomic E-state index is 13.9. The quantitative estimate of drug-likeness (QED) is 0.292. The van der Waals surface area contributed by atoms with E-state index in [1.165, 1.54) is 7.11 Å². The summed E-state index contributed by atoms with van der Waals surface area (Å²) in [7, 11) is -1.92. The van der Waals surface area contributed by atoms with Gasteiger partial charge in [0.15, 0.2) is 11.5 Å². The average molecular weight is 693 g/mol. The predicted molar refractivity (Wildman–Crippen MR) is 184 cm³/mol. The van der Waals surface area contributed by atoms with Crippen molar-refractivity contribution in [2.45, 2.75) is 88.9 Å². The van der Waals surface area contributed by atoms with E-state index >= 15 is 0 Å². The largest absolute Gasteiger partial charge is 0.493 e. The summed E-state index contributed by atoms with van der Waals surface area (Å²) in [4.78, 5) is 31.8. The second-order valence-corrected chi connectivity index (χ2v) is 14.7. The average Bonchev–Trinajstić information content (AvgIpc) is 3.04. The molecule has 2 atom stereocenters. The van der Waals surface area contributed by atoms with Gasteiger partial charge in [-0.05, 0) is 67.9 Å². The van der Waals surface area contributed by atoms with Gasteiger partial charge in [0.1, 0.15) is 17.3 Å². The highest BCUT2D eigenvalue weighted by Gasteiger charge is 2.55. The molecule has 2 aromatic rings. The molecule has 3 aliphatic rings. The molecular weight excluding hydrogens is 644 g/mol. The van der Waals surface area contributed by atoms with Crippen LogP contribution in [-0.4, -0.2) is 85.8 Å². The molecule has 0 bridgehead atoms. The highest BCUT2D eigenvalue weighted by molar-refractivity contribution is 7.92. The molecule has 1 saturated carbocycles. The molecule has 0 radical (unpaired) electrons. The van der Waals surface area contributed by atoms with Gasteiger partial charge in [0, 0.05) is 32.2 Å². The molecule has 0 unspecified atom stereocenters. The number of likely N-dealkylation sites (tertiary alicyclic amines) is 1. The number of piperazine rings is 1. The molecule has 2 aliphatic heterocycles. The molecule has 2 heterocycles. The molecule has 13 heteroatoms. The van der Waals surface area contributed by atoms with Gasteiger partial charge in [-0.2, -0.15) is 0 Å². The van der Waals surface area contributed by atoms with Crippen molar-refractivity contribution in [1.29, 1.82) is 0 Å². The Hall–Kier alpha value is -3.06. The molecule has 3 fully saturated rings. The van der Waals surface area contributed by atoms with Gasteiger partial charge < -0.3 is 24.8 Å². The zero-order valence-corrected chi connectivity index (χ0v) is 29.2. The number of carbonyl (C=O) groups is 2. The minimum Gasteiger partial charge on any atom is -0.493 e.